The molecule has 0 N–H and O–H groups in total. The zero-order valence-corrected chi connectivity index (χ0v) is 12.3. The van der Waals surface area contributed by atoms with Crippen molar-refractivity contribution >= 4 is 26.2 Å². The molecule has 1 aliphatic heterocycles. The monoisotopic (exact) mass is 284 g/mol. The standard InChI is InChI=1S/C16H18BFN2O/c1-11-7-13(8-15(18)12(11)2)3-4-16(21)20-6-5-14(10-20)9-19-17/h3-4,7-9,14H,5-6,10H2,1-2H3/b4-3+,19-9?. The molecular formula is C16H18BFN2O. The van der Waals surface area contributed by atoms with Gasteiger partial charge in [-0.25, -0.2) is 4.39 Å². The van der Waals surface area contributed by atoms with Crippen LogP contribution in [-0.4, -0.2) is 38.1 Å². The fraction of sp³-hybridized carbons (Fsp3) is 0.375. The Kier molecular flexibility index (Phi) is 4.94. The zero-order valence-electron chi connectivity index (χ0n) is 12.3. The van der Waals surface area contributed by atoms with Crippen molar-refractivity contribution in [3.63, 3.8) is 0 Å². The first-order chi connectivity index (χ1) is 10.0. The van der Waals surface area contributed by atoms with E-state index in [1.807, 2.05) is 13.0 Å². The van der Waals surface area contributed by atoms with Gasteiger partial charge in [-0.05, 0) is 55.3 Å². The van der Waals surface area contributed by atoms with E-state index in [1.165, 1.54) is 12.1 Å². The molecule has 1 aromatic rings. The molecule has 2 radical (unpaired) electrons. The van der Waals surface area contributed by atoms with Gasteiger partial charge in [-0.3, -0.25) is 4.79 Å². The fourth-order valence-electron chi connectivity index (χ4n) is 2.44. The summed E-state index contributed by atoms with van der Waals surface area (Å²) in [5.41, 5.74) is 2.22. The van der Waals surface area contributed by atoms with Gasteiger partial charge in [0.2, 0.25) is 5.91 Å². The van der Waals surface area contributed by atoms with Gasteiger partial charge in [-0.15, -0.1) is 0 Å². The Labute approximate surface area is 126 Å². The van der Waals surface area contributed by atoms with Crippen LogP contribution >= 0.6 is 0 Å². The predicted octanol–water partition coefficient (Wildman–Crippen LogP) is 2.46. The Morgan fingerprint density at radius 2 is 2.24 bits per heavy atom. The van der Waals surface area contributed by atoms with E-state index in [1.54, 1.807) is 24.1 Å². The molecular weight excluding hydrogens is 266 g/mol. The van der Waals surface area contributed by atoms with Crippen molar-refractivity contribution in [2.45, 2.75) is 20.3 Å². The summed E-state index contributed by atoms with van der Waals surface area (Å²) in [4.78, 5) is 17.3. The first-order valence-electron chi connectivity index (χ1n) is 6.98. The molecule has 1 aromatic carbocycles. The molecule has 2 rings (SSSR count). The van der Waals surface area contributed by atoms with Crippen molar-refractivity contribution in [2.75, 3.05) is 13.1 Å². The maximum absolute atomic E-state index is 13.6. The van der Waals surface area contributed by atoms with Crippen LogP contribution in [0.4, 0.5) is 4.39 Å². The molecule has 1 saturated heterocycles. The number of benzene rings is 1. The average molecular weight is 284 g/mol. The Balaban J connectivity index is 2.03. The molecule has 1 amide bonds. The number of amides is 1. The van der Waals surface area contributed by atoms with Gasteiger partial charge in [0, 0.05) is 25.1 Å². The highest BCUT2D eigenvalue weighted by molar-refractivity contribution is 6.09. The maximum Gasteiger partial charge on any atom is 0.258 e. The van der Waals surface area contributed by atoms with Crippen molar-refractivity contribution in [3.05, 3.63) is 40.7 Å². The highest BCUT2D eigenvalue weighted by atomic mass is 19.1. The molecule has 0 bridgehead atoms. The van der Waals surface area contributed by atoms with Gasteiger partial charge >= 0.3 is 0 Å². The number of carbonyl (C=O) groups is 1. The Hall–Kier alpha value is -1.91. The topological polar surface area (TPSA) is 32.7 Å². The lowest BCUT2D eigenvalue weighted by Crippen LogP contribution is -2.26. The van der Waals surface area contributed by atoms with Crippen LogP contribution in [0.25, 0.3) is 6.08 Å². The lowest BCUT2D eigenvalue weighted by molar-refractivity contribution is -0.125. The summed E-state index contributed by atoms with van der Waals surface area (Å²) in [5, 5.41) is 0. The van der Waals surface area contributed by atoms with Gasteiger partial charge in [-0.2, -0.15) is 0 Å². The number of hydrogen-bond acceptors (Lipinski definition) is 2. The third-order valence-electron chi connectivity index (χ3n) is 3.88. The van der Waals surface area contributed by atoms with Crippen LogP contribution in [0, 0.1) is 25.6 Å². The molecule has 108 valence electrons. The van der Waals surface area contributed by atoms with Crippen molar-refractivity contribution in [2.24, 2.45) is 10.8 Å². The molecule has 1 heterocycles. The first kappa shape index (κ1) is 15.5. The molecule has 0 saturated carbocycles. The summed E-state index contributed by atoms with van der Waals surface area (Å²) in [6.07, 6.45) is 5.70. The largest absolute Gasteiger partial charge is 0.367 e. The van der Waals surface area contributed by atoms with E-state index in [-0.39, 0.29) is 17.6 Å². The zero-order chi connectivity index (χ0) is 15.4. The van der Waals surface area contributed by atoms with Crippen LogP contribution < -0.4 is 0 Å². The molecule has 0 aromatic heterocycles. The summed E-state index contributed by atoms with van der Waals surface area (Å²) in [6.45, 7) is 4.92. The molecule has 1 unspecified atom stereocenters. The molecule has 0 spiro atoms. The van der Waals surface area contributed by atoms with Crippen LogP contribution in [0.1, 0.15) is 23.1 Å². The molecule has 3 nitrogen and oxygen atoms in total. The highest BCUT2D eigenvalue weighted by Gasteiger charge is 2.23. The molecule has 1 fully saturated rings. The van der Waals surface area contributed by atoms with E-state index >= 15 is 0 Å². The summed E-state index contributed by atoms with van der Waals surface area (Å²) in [6, 6.07) is 3.32. The fourth-order valence-corrected chi connectivity index (χ4v) is 2.44. The smallest absolute Gasteiger partial charge is 0.258 e. The van der Waals surface area contributed by atoms with Crippen LogP contribution in [0.15, 0.2) is 23.1 Å². The van der Waals surface area contributed by atoms with E-state index in [4.69, 9.17) is 7.98 Å². The number of likely N-dealkylation sites (tertiary alicyclic amines) is 1. The maximum atomic E-state index is 13.6. The van der Waals surface area contributed by atoms with E-state index < -0.39 is 0 Å². The summed E-state index contributed by atoms with van der Waals surface area (Å²) in [7, 11) is 5.12. The van der Waals surface area contributed by atoms with E-state index in [0.717, 1.165) is 12.0 Å². The van der Waals surface area contributed by atoms with Crippen LogP contribution in [0.5, 0.6) is 0 Å². The second kappa shape index (κ2) is 6.70. The second-order valence-electron chi connectivity index (χ2n) is 5.41. The van der Waals surface area contributed by atoms with E-state index in [2.05, 4.69) is 4.90 Å². The third kappa shape index (κ3) is 3.81. The number of nitrogens with zero attached hydrogens (tertiary/aromatic N) is 2. The molecule has 21 heavy (non-hydrogen) atoms. The van der Waals surface area contributed by atoms with Gasteiger partial charge in [0.1, 0.15) is 5.82 Å². The average Bonchev–Trinajstić information content (AvgIpc) is 2.91. The number of halogens is 1. The van der Waals surface area contributed by atoms with Crippen LogP contribution in [0.2, 0.25) is 0 Å². The van der Waals surface area contributed by atoms with Crippen LogP contribution in [0.3, 0.4) is 0 Å². The van der Waals surface area contributed by atoms with Gasteiger partial charge in [0.15, 0.2) is 0 Å². The molecule has 1 atom stereocenters. The van der Waals surface area contributed by atoms with Crippen molar-refractivity contribution in [1.82, 2.24) is 4.90 Å². The summed E-state index contributed by atoms with van der Waals surface area (Å²) < 4.78 is 13.6. The minimum Gasteiger partial charge on any atom is -0.367 e. The van der Waals surface area contributed by atoms with Crippen LogP contribution in [-0.2, 0) is 4.79 Å². The molecule has 0 aliphatic carbocycles. The minimum absolute atomic E-state index is 0.0680. The summed E-state index contributed by atoms with van der Waals surface area (Å²) >= 11 is 0. The summed E-state index contributed by atoms with van der Waals surface area (Å²) in [5.74, 6) is -0.0875. The van der Waals surface area contributed by atoms with Gasteiger partial charge < -0.3 is 9.80 Å². The molecule has 1 aliphatic rings. The van der Waals surface area contributed by atoms with Gasteiger partial charge in [0.05, 0.1) is 0 Å². The van der Waals surface area contributed by atoms with Crippen molar-refractivity contribution in [3.8, 4) is 0 Å². The number of carbonyl (C=O) groups excluding carboxylic acids is 1. The lowest BCUT2D eigenvalue weighted by atomic mass is 10.1. The Morgan fingerprint density at radius 3 is 2.90 bits per heavy atom. The lowest BCUT2D eigenvalue weighted by Gasteiger charge is -2.13. The van der Waals surface area contributed by atoms with Gasteiger partial charge in [0.25, 0.3) is 7.98 Å². The van der Waals surface area contributed by atoms with Crippen molar-refractivity contribution in [1.29, 1.82) is 0 Å². The number of aryl methyl sites for hydroxylation is 1. The first-order valence-corrected chi connectivity index (χ1v) is 6.98. The quantitative estimate of drug-likeness (QED) is 0.477. The number of rotatable bonds is 3. The molecule has 5 heteroatoms. The number of hydrogen-bond donors (Lipinski definition) is 0. The minimum atomic E-state index is -0.248. The Bertz CT molecular complexity index is 575. The van der Waals surface area contributed by atoms with Crippen molar-refractivity contribution < 1.29 is 9.18 Å². The third-order valence-corrected chi connectivity index (χ3v) is 3.88. The van der Waals surface area contributed by atoms with Gasteiger partial charge in [-0.1, -0.05) is 6.07 Å². The predicted molar refractivity (Wildman–Crippen MR) is 83.8 cm³/mol. The highest BCUT2D eigenvalue weighted by Crippen LogP contribution is 2.17. The Morgan fingerprint density at radius 1 is 1.48 bits per heavy atom. The van der Waals surface area contributed by atoms with E-state index in [0.29, 0.717) is 24.2 Å². The normalized spacial score (nSPS) is 19.0. The van der Waals surface area contributed by atoms with E-state index in [9.17, 15) is 9.18 Å². The second-order valence-corrected chi connectivity index (χ2v) is 5.41. The SMILES string of the molecule is [B]N=CC1CCN(C(=O)/C=C/c2cc(C)c(C)c(F)c2)C1.